The van der Waals surface area contributed by atoms with Gasteiger partial charge in [0.15, 0.2) is 0 Å². The minimum Gasteiger partial charge on any atom is -0.389 e. The number of aliphatic hydroxyl groups is 1. The summed E-state index contributed by atoms with van der Waals surface area (Å²) >= 11 is 0. The number of nitrogens with one attached hydrogen (secondary N) is 2. The van der Waals surface area contributed by atoms with Gasteiger partial charge >= 0.3 is 0 Å². The predicted molar refractivity (Wildman–Crippen MR) is 260 cm³/mol. The summed E-state index contributed by atoms with van der Waals surface area (Å²) in [4.78, 5) is 61.7. The molecule has 11 heteroatoms. The van der Waals surface area contributed by atoms with Crippen molar-refractivity contribution in [3.63, 3.8) is 0 Å². The normalized spacial score (nSPS) is 19.7. The van der Waals surface area contributed by atoms with Gasteiger partial charge in [0, 0.05) is 43.2 Å². The van der Waals surface area contributed by atoms with Gasteiger partial charge in [-0.1, -0.05) is 109 Å². The van der Waals surface area contributed by atoms with E-state index in [1.165, 1.54) is 12.1 Å². The Morgan fingerprint density at radius 1 is 0.627 bits per heavy atom. The van der Waals surface area contributed by atoms with Crippen LogP contribution in [0.25, 0.3) is 0 Å². The molecule has 2 saturated heterocycles. The van der Waals surface area contributed by atoms with Crippen molar-refractivity contribution in [2.45, 2.75) is 113 Å². The lowest BCUT2D eigenvalue weighted by atomic mass is 9.79. The number of hydrogen-bond donors (Lipinski definition) is 3. The van der Waals surface area contributed by atoms with E-state index in [1.807, 2.05) is 109 Å². The largest absolute Gasteiger partial charge is 0.389 e. The van der Waals surface area contributed by atoms with Crippen LogP contribution >= 0.6 is 0 Å². The van der Waals surface area contributed by atoms with E-state index in [9.17, 15) is 28.7 Å². The number of anilines is 3. The molecule has 2 heterocycles. The van der Waals surface area contributed by atoms with Gasteiger partial charge < -0.3 is 30.4 Å². The van der Waals surface area contributed by atoms with Crippen LogP contribution in [0.4, 0.5) is 21.5 Å². The van der Waals surface area contributed by atoms with Gasteiger partial charge in [-0.15, -0.1) is 0 Å². The summed E-state index contributed by atoms with van der Waals surface area (Å²) in [5, 5.41) is 17.8. The smallest absolute Gasteiger partial charge is 0.247 e. The molecule has 67 heavy (non-hydrogen) atoms. The van der Waals surface area contributed by atoms with Crippen molar-refractivity contribution in [1.29, 1.82) is 0 Å². The molecule has 346 valence electrons. The maximum Gasteiger partial charge on any atom is 0.247 e. The number of nitrogens with zero attached hydrogens (tertiary/aromatic N) is 3. The number of likely N-dealkylation sites (tertiary alicyclic amines) is 2. The third-order valence-corrected chi connectivity index (χ3v) is 14.3. The first-order chi connectivity index (χ1) is 32.6. The molecule has 0 bridgehead atoms. The van der Waals surface area contributed by atoms with Crippen molar-refractivity contribution in [1.82, 2.24) is 9.80 Å². The molecule has 3 fully saturated rings. The highest BCUT2D eigenvalue weighted by molar-refractivity contribution is 6.00. The fourth-order valence-corrected chi connectivity index (χ4v) is 10.8. The standard InChI is InChI=1S/C56H60FN5O5/c57-44-25-31-47(32-26-44)60(37-39-21-27-45(28-22-39)58-52(63)48-19-11-35-61(48)54(65)50(42-15-7-8-16-42)41-13-3-1-4-14-41)38-40-23-29-46(30-24-40)59-53(64)49-20-12-36-62(49)55(66)51(43-17-5-2-6-18-43)56(67)33-9-10-34-56/h1-6,13-15,17-18,21-32,48-51,67H,7-12,16,19-20,33-38H2,(H,58,63)(H,59,64)/t48-,49-,50?,51?/m0/s1. The van der Waals surface area contributed by atoms with Crippen LogP contribution in [0.15, 0.2) is 145 Å². The minimum atomic E-state index is -1.14. The first kappa shape index (κ1) is 45.6. The van der Waals surface area contributed by atoms with Crippen LogP contribution in [-0.4, -0.2) is 69.3 Å². The number of carbonyl (C=O) groups is 4. The molecule has 4 amide bonds. The lowest BCUT2D eigenvalue weighted by Crippen LogP contribution is -2.50. The maximum atomic E-state index is 14.3. The van der Waals surface area contributed by atoms with E-state index in [0.717, 1.165) is 72.0 Å². The number of benzene rings is 5. The summed E-state index contributed by atoms with van der Waals surface area (Å²) in [6, 6.07) is 39.9. The molecule has 4 aliphatic rings. The fourth-order valence-electron chi connectivity index (χ4n) is 10.8. The molecule has 0 radical (unpaired) electrons. The third kappa shape index (κ3) is 10.4. The second-order valence-electron chi connectivity index (χ2n) is 18.8. The van der Waals surface area contributed by atoms with E-state index in [2.05, 4.69) is 21.6 Å². The van der Waals surface area contributed by atoms with Crippen LogP contribution in [0.3, 0.4) is 0 Å². The Morgan fingerprint density at radius 2 is 1.13 bits per heavy atom. The topological polar surface area (TPSA) is 122 Å². The van der Waals surface area contributed by atoms with Crippen LogP contribution < -0.4 is 15.5 Å². The first-order valence-electron chi connectivity index (χ1n) is 24.1. The Bertz CT molecular complexity index is 2550. The van der Waals surface area contributed by atoms with E-state index in [-0.39, 0.29) is 35.4 Å². The van der Waals surface area contributed by atoms with Crippen molar-refractivity contribution < 1.29 is 28.7 Å². The molecule has 2 aliphatic carbocycles. The Morgan fingerprint density at radius 3 is 1.64 bits per heavy atom. The van der Waals surface area contributed by atoms with Gasteiger partial charge in [0.25, 0.3) is 0 Å². The average Bonchev–Trinajstić information content (AvgIpc) is 4.21. The maximum absolute atomic E-state index is 14.3. The quantitative estimate of drug-likeness (QED) is 0.0900. The monoisotopic (exact) mass is 901 g/mol. The molecule has 3 N–H and O–H groups in total. The number of halogens is 1. The summed E-state index contributed by atoms with van der Waals surface area (Å²) < 4.78 is 14.1. The molecular formula is C56H60FN5O5. The average molecular weight is 902 g/mol. The molecule has 0 spiro atoms. The molecule has 10 nitrogen and oxygen atoms in total. The Balaban J connectivity index is 0.837. The molecule has 5 aromatic carbocycles. The predicted octanol–water partition coefficient (Wildman–Crippen LogP) is 9.87. The summed E-state index contributed by atoms with van der Waals surface area (Å²) in [6.07, 6.45) is 10.6. The number of hydrogen-bond acceptors (Lipinski definition) is 6. The van der Waals surface area contributed by atoms with Gasteiger partial charge in [0.1, 0.15) is 17.9 Å². The zero-order valence-electron chi connectivity index (χ0n) is 38.0. The van der Waals surface area contributed by atoms with E-state index < -0.39 is 23.6 Å². The highest BCUT2D eigenvalue weighted by Gasteiger charge is 2.48. The highest BCUT2D eigenvalue weighted by atomic mass is 19.1. The number of rotatable bonds is 15. The van der Waals surface area contributed by atoms with Crippen molar-refractivity contribution in [2.75, 3.05) is 28.6 Å². The molecule has 9 rings (SSSR count). The molecule has 5 aromatic rings. The Hall–Kier alpha value is -6.59. The van der Waals surface area contributed by atoms with Crippen molar-refractivity contribution >= 4 is 40.7 Å². The Labute approximate surface area is 392 Å². The SMILES string of the molecule is O=C(Nc1ccc(CN(Cc2ccc(NC(=O)[C@@H]3CCCN3C(=O)C(c3ccccc3)C3(O)CCCC3)cc2)c2ccc(F)cc2)cc1)[C@@H]1CCCN1C(=O)C(C1=CCCC1)c1ccccc1. The second-order valence-corrected chi connectivity index (χ2v) is 18.8. The van der Waals surface area contributed by atoms with Crippen molar-refractivity contribution in [3.05, 3.63) is 173 Å². The van der Waals surface area contributed by atoms with E-state index in [4.69, 9.17) is 0 Å². The molecule has 1 saturated carbocycles. The first-order valence-corrected chi connectivity index (χ1v) is 24.1. The van der Waals surface area contributed by atoms with E-state index in [1.54, 1.807) is 21.9 Å². The van der Waals surface area contributed by atoms with Gasteiger partial charge in [-0.05, 0) is 129 Å². The van der Waals surface area contributed by atoms with Crippen molar-refractivity contribution in [2.24, 2.45) is 0 Å². The van der Waals surface area contributed by atoms with E-state index in [0.29, 0.717) is 69.7 Å². The summed E-state index contributed by atoms with van der Waals surface area (Å²) in [5.41, 5.74) is 5.77. The number of amides is 4. The van der Waals surface area contributed by atoms with Crippen LogP contribution in [0, 0.1) is 5.82 Å². The van der Waals surface area contributed by atoms with Crippen LogP contribution in [0.5, 0.6) is 0 Å². The summed E-state index contributed by atoms with van der Waals surface area (Å²) in [6.45, 7) is 1.99. The number of allylic oxidation sites excluding steroid dienone is 1. The molecule has 2 unspecified atom stereocenters. The zero-order valence-corrected chi connectivity index (χ0v) is 38.0. The zero-order chi connectivity index (χ0) is 46.3. The molecular weight excluding hydrogens is 842 g/mol. The lowest BCUT2D eigenvalue weighted by Gasteiger charge is -2.36. The summed E-state index contributed by atoms with van der Waals surface area (Å²) in [5.74, 6) is -2.08. The summed E-state index contributed by atoms with van der Waals surface area (Å²) in [7, 11) is 0. The van der Waals surface area contributed by atoms with Crippen LogP contribution in [-0.2, 0) is 32.3 Å². The van der Waals surface area contributed by atoms with Crippen LogP contribution in [0.1, 0.15) is 105 Å². The van der Waals surface area contributed by atoms with Crippen molar-refractivity contribution in [3.8, 4) is 0 Å². The van der Waals surface area contributed by atoms with Crippen LogP contribution in [0.2, 0.25) is 0 Å². The molecule has 2 aliphatic heterocycles. The minimum absolute atomic E-state index is 0.00909. The fraction of sp³-hybridized carbons (Fsp3) is 0.357. The molecule has 0 aromatic heterocycles. The van der Waals surface area contributed by atoms with Gasteiger partial charge in [-0.3, -0.25) is 19.2 Å². The lowest BCUT2D eigenvalue weighted by molar-refractivity contribution is -0.143. The highest BCUT2D eigenvalue weighted by Crippen LogP contribution is 2.43. The van der Waals surface area contributed by atoms with E-state index >= 15 is 0 Å². The van der Waals surface area contributed by atoms with Gasteiger partial charge in [-0.25, -0.2) is 4.39 Å². The second kappa shape index (κ2) is 20.5. The van der Waals surface area contributed by atoms with Gasteiger partial charge in [0.2, 0.25) is 23.6 Å². The Kier molecular flexibility index (Phi) is 13.9. The van der Waals surface area contributed by atoms with Gasteiger partial charge in [-0.2, -0.15) is 0 Å². The number of carbonyl (C=O) groups excluding carboxylic acids is 4. The third-order valence-electron chi connectivity index (χ3n) is 14.3. The van der Waals surface area contributed by atoms with Gasteiger partial charge in [0.05, 0.1) is 17.4 Å². The molecule has 4 atom stereocenters.